The Morgan fingerprint density at radius 2 is 2.17 bits per heavy atom. The van der Waals surface area contributed by atoms with Gasteiger partial charge in [-0.05, 0) is 25.0 Å². The van der Waals surface area contributed by atoms with Gasteiger partial charge in [0.15, 0.2) is 0 Å². The van der Waals surface area contributed by atoms with E-state index in [1.807, 2.05) is 13.8 Å². The van der Waals surface area contributed by atoms with Gasteiger partial charge in [-0.1, -0.05) is 31.5 Å². The van der Waals surface area contributed by atoms with E-state index in [0.29, 0.717) is 5.70 Å². The van der Waals surface area contributed by atoms with Crippen molar-refractivity contribution in [2.24, 2.45) is 5.92 Å². The lowest BCUT2D eigenvalue weighted by atomic mass is 9.84. The van der Waals surface area contributed by atoms with Gasteiger partial charge in [-0.3, -0.25) is 4.79 Å². The first kappa shape index (κ1) is 17.5. The molecule has 1 N–H and O–H groups in total. The minimum Gasteiger partial charge on any atom is -0.462 e. The number of benzene rings is 1. The molecule has 1 atom stereocenters. The van der Waals surface area contributed by atoms with Gasteiger partial charge in [0.1, 0.15) is 5.82 Å². The number of allylic oxidation sites excluding steroid dienone is 1. The molecule has 1 heterocycles. The van der Waals surface area contributed by atoms with Gasteiger partial charge in [0.2, 0.25) is 5.91 Å². The highest BCUT2D eigenvalue weighted by molar-refractivity contribution is 6.31. The Hall–Kier alpha value is -1.88. The highest BCUT2D eigenvalue weighted by atomic mass is 35.5. The van der Waals surface area contributed by atoms with Crippen LogP contribution in [0.5, 0.6) is 0 Å². The average Bonchev–Trinajstić information content (AvgIpc) is 2.44. The first-order valence-electron chi connectivity index (χ1n) is 7.43. The monoisotopic (exact) mass is 339 g/mol. The zero-order valence-corrected chi connectivity index (χ0v) is 14.0. The smallest absolute Gasteiger partial charge is 0.336 e. The third-order valence-corrected chi connectivity index (χ3v) is 3.91. The molecule has 124 valence electrons. The van der Waals surface area contributed by atoms with E-state index < -0.39 is 17.7 Å². The fourth-order valence-electron chi connectivity index (χ4n) is 2.58. The van der Waals surface area contributed by atoms with Gasteiger partial charge in [-0.15, -0.1) is 0 Å². The fraction of sp³-hybridized carbons (Fsp3) is 0.412. The number of esters is 1. The van der Waals surface area contributed by atoms with Crippen molar-refractivity contribution < 1.29 is 18.7 Å². The third-order valence-electron chi connectivity index (χ3n) is 3.58. The van der Waals surface area contributed by atoms with Gasteiger partial charge in [0, 0.05) is 28.6 Å². The van der Waals surface area contributed by atoms with Crippen LogP contribution in [-0.2, 0) is 14.3 Å². The SMILES string of the molecule is CC1=C(C(=O)OCC(C)C)[C@@H](c2c(F)cccc2Cl)CC(=O)N1. The number of rotatable bonds is 4. The van der Waals surface area contributed by atoms with Crippen molar-refractivity contribution in [2.45, 2.75) is 33.1 Å². The predicted octanol–water partition coefficient (Wildman–Crippen LogP) is 3.56. The highest BCUT2D eigenvalue weighted by Gasteiger charge is 2.35. The lowest BCUT2D eigenvalue weighted by Crippen LogP contribution is -2.34. The minimum atomic E-state index is -0.753. The molecule has 0 saturated heterocycles. The van der Waals surface area contributed by atoms with E-state index in [4.69, 9.17) is 16.3 Å². The Kier molecular flexibility index (Phi) is 5.42. The van der Waals surface area contributed by atoms with Crippen molar-refractivity contribution in [1.82, 2.24) is 5.32 Å². The summed E-state index contributed by atoms with van der Waals surface area (Å²) in [6, 6.07) is 4.29. The topological polar surface area (TPSA) is 55.4 Å². The zero-order chi connectivity index (χ0) is 17.1. The summed E-state index contributed by atoms with van der Waals surface area (Å²) in [6.45, 7) is 5.69. The van der Waals surface area contributed by atoms with E-state index in [2.05, 4.69) is 5.32 Å². The molecule has 23 heavy (non-hydrogen) atoms. The second-order valence-electron chi connectivity index (χ2n) is 5.97. The molecular formula is C17H19ClFNO3. The first-order valence-corrected chi connectivity index (χ1v) is 7.80. The molecule has 1 aromatic carbocycles. The van der Waals surface area contributed by atoms with Crippen LogP contribution >= 0.6 is 11.6 Å². The maximum absolute atomic E-state index is 14.2. The van der Waals surface area contributed by atoms with Gasteiger partial charge >= 0.3 is 5.97 Å². The molecule has 1 aliphatic rings. The van der Waals surface area contributed by atoms with E-state index in [-0.39, 0.29) is 41.0 Å². The van der Waals surface area contributed by atoms with Gasteiger partial charge in [0.25, 0.3) is 0 Å². The van der Waals surface area contributed by atoms with Crippen molar-refractivity contribution in [1.29, 1.82) is 0 Å². The van der Waals surface area contributed by atoms with E-state index in [1.165, 1.54) is 12.1 Å². The maximum atomic E-state index is 14.2. The number of halogens is 2. The molecular weight excluding hydrogens is 321 g/mol. The molecule has 0 spiro atoms. The van der Waals surface area contributed by atoms with Gasteiger partial charge in [-0.25, -0.2) is 9.18 Å². The molecule has 4 nitrogen and oxygen atoms in total. The van der Waals surface area contributed by atoms with E-state index in [0.717, 1.165) is 0 Å². The Balaban J connectivity index is 2.44. The lowest BCUT2D eigenvalue weighted by molar-refractivity contribution is -0.140. The molecule has 0 aromatic heterocycles. The Bertz CT molecular complexity index is 650. The lowest BCUT2D eigenvalue weighted by Gasteiger charge is -2.27. The van der Waals surface area contributed by atoms with E-state index >= 15 is 0 Å². The third kappa shape index (κ3) is 3.91. The quantitative estimate of drug-likeness (QED) is 0.853. The molecule has 2 rings (SSSR count). The van der Waals surface area contributed by atoms with Crippen LogP contribution in [0, 0.1) is 11.7 Å². The number of carbonyl (C=O) groups excluding carboxylic acids is 2. The second-order valence-corrected chi connectivity index (χ2v) is 6.38. The van der Waals surface area contributed by atoms with Crippen molar-refractivity contribution in [3.63, 3.8) is 0 Å². The summed E-state index contributed by atoms with van der Waals surface area (Å²) in [5.74, 6) is -1.96. The number of nitrogens with one attached hydrogen (secondary N) is 1. The summed E-state index contributed by atoms with van der Waals surface area (Å²) < 4.78 is 19.5. The largest absolute Gasteiger partial charge is 0.462 e. The molecule has 6 heteroatoms. The molecule has 0 fully saturated rings. The molecule has 0 unspecified atom stereocenters. The predicted molar refractivity (Wildman–Crippen MR) is 85.4 cm³/mol. The molecule has 0 aliphatic carbocycles. The van der Waals surface area contributed by atoms with Gasteiger partial charge in [-0.2, -0.15) is 0 Å². The summed E-state index contributed by atoms with van der Waals surface area (Å²) in [5, 5.41) is 2.80. The van der Waals surface area contributed by atoms with Crippen LogP contribution in [0.2, 0.25) is 5.02 Å². The molecule has 0 bridgehead atoms. The zero-order valence-electron chi connectivity index (χ0n) is 13.3. The molecule has 0 saturated carbocycles. The maximum Gasteiger partial charge on any atom is 0.336 e. The molecule has 1 amide bonds. The van der Waals surface area contributed by atoms with Gasteiger partial charge < -0.3 is 10.1 Å². The minimum absolute atomic E-state index is 0.0515. The summed E-state index contributed by atoms with van der Waals surface area (Å²) in [5.41, 5.74) is 0.774. The van der Waals surface area contributed by atoms with Crippen LogP contribution in [-0.4, -0.2) is 18.5 Å². The van der Waals surface area contributed by atoms with Crippen LogP contribution in [0.25, 0.3) is 0 Å². The Labute approximate surface area is 139 Å². The number of ether oxygens (including phenoxy) is 1. The van der Waals surface area contributed by atoms with Crippen molar-refractivity contribution in [3.05, 3.63) is 45.9 Å². The Morgan fingerprint density at radius 1 is 1.48 bits per heavy atom. The summed E-state index contributed by atoms with van der Waals surface area (Å²) in [4.78, 5) is 24.3. The standard InChI is InChI=1S/C17H19ClFNO3/c1-9(2)8-23-17(22)15-10(3)20-14(21)7-11(15)16-12(18)5-4-6-13(16)19/h4-6,9,11H,7-8H2,1-3H3,(H,20,21)/t11-/m0/s1. The second kappa shape index (κ2) is 7.13. The molecule has 1 aromatic rings. The van der Waals surface area contributed by atoms with Gasteiger partial charge in [0.05, 0.1) is 12.2 Å². The normalized spacial score (nSPS) is 18.2. The number of hydrogen-bond donors (Lipinski definition) is 1. The first-order chi connectivity index (χ1) is 10.8. The van der Waals surface area contributed by atoms with Crippen LogP contribution in [0.4, 0.5) is 4.39 Å². The van der Waals surface area contributed by atoms with Crippen molar-refractivity contribution >= 4 is 23.5 Å². The molecule has 1 aliphatic heterocycles. The van der Waals surface area contributed by atoms with Crippen molar-refractivity contribution in [3.8, 4) is 0 Å². The average molecular weight is 340 g/mol. The number of amides is 1. The fourth-order valence-corrected chi connectivity index (χ4v) is 2.88. The van der Waals surface area contributed by atoms with Crippen LogP contribution in [0.15, 0.2) is 29.5 Å². The van der Waals surface area contributed by atoms with E-state index in [9.17, 15) is 14.0 Å². The number of hydrogen-bond acceptors (Lipinski definition) is 3. The van der Waals surface area contributed by atoms with Crippen LogP contribution < -0.4 is 5.32 Å². The van der Waals surface area contributed by atoms with Crippen LogP contribution in [0.1, 0.15) is 38.7 Å². The van der Waals surface area contributed by atoms with E-state index in [1.54, 1.807) is 13.0 Å². The summed E-state index contributed by atoms with van der Waals surface area (Å²) >= 11 is 6.11. The molecule has 0 radical (unpaired) electrons. The van der Waals surface area contributed by atoms with Crippen LogP contribution in [0.3, 0.4) is 0 Å². The van der Waals surface area contributed by atoms with Crippen molar-refractivity contribution in [2.75, 3.05) is 6.61 Å². The summed E-state index contributed by atoms with van der Waals surface area (Å²) in [7, 11) is 0. The highest BCUT2D eigenvalue weighted by Crippen LogP contribution is 2.38. The number of carbonyl (C=O) groups is 2. The summed E-state index contributed by atoms with van der Waals surface area (Å²) in [6.07, 6.45) is -0.0515. The Morgan fingerprint density at radius 3 is 2.78 bits per heavy atom.